The van der Waals surface area contributed by atoms with Gasteiger partial charge in [-0.25, -0.2) is 9.97 Å². The second-order valence-corrected chi connectivity index (χ2v) is 3.92. The molecule has 2 aromatic heterocycles. The molecule has 2 heterocycles. The third-order valence-corrected chi connectivity index (χ3v) is 2.81. The van der Waals surface area contributed by atoms with Gasteiger partial charge in [0.15, 0.2) is 0 Å². The van der Waals surface area contributed by atoms with E-state index in [0.717, 1.165) is 22.6 Å². The molecule has 0 amide bonds. The summed E-state index contributed by atoms with van der Waals surface area (Å²) in [7, 11) is 0. The molecule has 0 unspecified atom stereocenters. The molecule has 0 saturated heterocycles. The smallest absolute Gasteiger partial charge is 0.150 e. The van der Waals surface area contributed by atoms with E-state index in [4.69, 9.17) is 5.73 Å². The van der Waals surface area contributed by atoms with E-state index in [1.807, 2.05) is 30.7 Å². The van der Waals surface area contributed by atoms with Crippen molar-refractivity contribution in [1.82, 2.24) is 9.97 Å². The van der Waals surface area contributed by atoms with Gasteiger partial charge < -0.3 is 5.73 Å². The molecule has 0 saturated carbocycles. The lowest BCUT2D eigenvalue weighted by molar-refractivity contribution is 1.06. The first-order valence-corrected chi connectivity index (χ1v) is 5.26. The Hall–Kier alpha value is -1.42. The molecule has 2 aromatic rings. The Balaban J connectivity index is 2.60. The maximum atomic E-state index is 5.81. The Morgan fingerprint density at radius 1 is 1.21 bits per heavy atom. The molecule has 72 valence electrons. The van der Waals surface area contributed by atoms with Gasteiger partial charge in [0.1, 0.15) is 11.5 Å². The van der Waals surface area contributed by atoms with Crippen LogP contribution in [0.3, 0.4) is 0 Å². The molecule has 0 aliphatic carbocycles. The molecular weight excluding hydrogens is 194 g/mol. The lowest BCUT2D eigenvalue weighted by Gasteiger charge is -2.05. The van der Waals surface area contributed by atoms with Crippen molar-refractivity contribution in [2.24, 2.45) is 0 Å². The normalized spacial score (nSPS) is 10.4. The fraction of sp³-hybridized carbons (Fsp3) is 0.200. The summed E-state index contributed by atoms with van der Waals surface area (Å²) in [6.07, 6.45) is 0. The second kappa shape index (κ2) is 3.38. The largest absolute Gasteiger partial charge is 0.382 e. The van der Waals surface area contributed by atoms with Crippen LogP contribution in [-0.2, 0) is 0 Å². The molecule has 0 aliphatic rings. The third-order valence-electron chi connectivity index (χ3n) is 2.13. The van der Waals surface area contributed by atoms with E-state index >= 15 is 0 Å². The molecule has 0 spiro atoms. The zero-order valence-corrected chi connectivity index (χ0v) is 8.93. The summed E-state index contributed by atoms with van der Waals surface area (Å²) in [5.41, 5.74) is 9.46. The topological polar surface area (TPSA) is 51.8 Å². The van der Waals surface area contributed by atoms with Crippen LogP contribution < -0.4 is 5.73 Å². The van der Waals surface area contributed by atoms with Crippen molar-refractivity contribution in [1.29, 1.82) is 0 Å². The third kappa shape index (κ3) is 1.48. The van der Waals surface area contributed by atoms with Gasteiger partial charge in [-0.3, -0.25) is 0 Å². The van der Waals surface area contributed by atoms with Crippen LogP contribution in [0.1, 0.15) is 11.4 Å². The predicted molar refractivity (Wildman–Crippen MR) is 59.2 cm³/mol. The Labute approximate surface area is 86.6 Å². The minimum atomic E-state index is 0.506. The van der Waals surface area contributed by atoms with E-state index in [9.17, 15) is 0 Å². The van der Waals surface area contributed by atoms with Crippen molar-refractivity contribution in [3.63, 3.8) is 0 Å². The summed E-state index contributed by atoms with van der Waals surface area (Å²) in [6.45, 7) is 3.85. The number of hydrogen-bond donors (Lipinski definition) is 1. The maximum Gasteiger partial charge on any atom is 0.150 e. The lowest BCUT2D eigenvalue weighted by Crippen LogP contribution is -2.01. The Morgan fingerprint density at radius 3 is 2.57 bits per heavy atom. The van der Waals surface area contributed by atoms with Crippen LogP contribution in [0.15, 0.2) is 16.8 Å². The number of nitrogens with zero attached hydrogens (tertiary/aromatic N) is 2. The number of aryl methyl sites for hydroxylation is 2. The first kappa shape index (κ1) is 9.15. The highest BCUT2D eigenvalue weighted by Gasteiger charge is 2.08. The summed E-state index contributed by atoms with van der Waals surface area (Å²) in [5.74, 6) is 0.506. The van der Waals surface area contributed by atoms with E-state index in [0.29, 0.717) is 5.82 Å². The highest BCUT2D eigenvalue weighted by atomic mass is 32.1. The van der Waals surface area contributed by atoms with Crippen molar-refractivity contribution in [3.05, 3.63) is 28.2 Å². The Morgan fingerprint density at radius 2 is 1.93 bits per heavy atom. The lowest BCUT2D eigenvalue weighted by atomic mass is 10.2. The van der Waals surface area contributed by atoms with Crippen LogP contribution in [0.4, 0.5) is 5.82 Å². The van der Waals surface area contributed by atoms with Crippen LogP contribution in [0.25, 0.3) is 11.3 Å². The minimum absolute atomic E-state index is 0.506. The first-order valence-electron chi connectivity index (χ1n) is 4.32. The van der Waals surface area contributed by atoms with E-state index in [1.54, 1.807) is 11.3 Å². The number of thiophene rings is 1. The molecule has 0 fully saturated rings. The van der Waals surface area contributed by atoms with Gasteiger partial charge in [0.25, 0.3) is 0 Å². The molecule has 0 aromatic carbocycles. The molecular formula is C10H11N3S. The number of aromatic nitrogens is 2. The monoisotopic (exact) mass is 205 g/mol. The van der Waals surface area contributed by atoms with Gasteiger partial charge in [-0.2, -0.15) is 11.3 Å². The van der Waals surface area contributed by atoms with Crippen molar-refractivity contribution in [3.8, 4) is 11.3 Å². The number of anilines is 1. The highest BCUT2D eigenvalue weighted by Crippen LogP contribution is 2.25. The number of nitrogen functional groups attached to an aromatic ring is 1. The Kier molecular flexibility index (Phi) is 2.21. The van der Waals surface area contributed by atoms with Gasteiger partial charge in [0, 0.05) is 10.9 Å². The number of rotatable bonds is 1. The van der Waals surface area contributed by atoms with Crippen molar-refractivity contribution in [2.45, 2.75) is 13.8 Å². The number of nitrogens with two attached hydrogens (primary N) is 1. The zero-order valence-electron chi connectivity index (χ0n) is 8.11. The van der Waals surface area contributed by atoms with Crippen molar-refractivity contribution < 1.29 is 0 Å². The average Bonchev–Trinajstić information content (AvgIpc) is 2.64. The fourth-order valence-electron chi connectivity index (χ4n) is 1.23. The number of hydrogen-bond acceptors (Lipinski definition) is 4. The molecule has 4 heteroatoms. The van der Waals surface area contributed by atoms with Gasteiger partial charge in [-0.05, 0) is 25.3 Å². The van der Waals surface area contributed by atoms with E-state index < -0.39 is 0 Å². The van der Waals surface area contributed by atoms with Gasteiger partial charge >= 0.3 is 0 Å². The van der Waals surface area contributed by atoms with Crippen LogP contribution in [0.5, 0.6) is 0 Å². The van der Waals surface area contributed by atoms with Gasteiger partial charge in [-0.15, -0.1) is 0 Å². The maximum absolute atomic E-state index is 5.81. The molecule has 2 rings (SSSR count). The van der Waals surface area contributed by atoms with Crippen molar-refractivity contribution in [2.75, 3.05) is 5.73 Å². The van der Waals surface area contributed by atoms with Gasteiger partial charge in [0.2, 0.25) is 0 Å². The highest BCUT2D eigenvalue weighted by molar-refractivity contribution is 7.08. The summed E-state index contributed by atoms with van der Waals surface area (Å²) >= 11 is 1.63. The van der Waals surface area contributed by atoms with E-state index in [-0.39, 0.29) is 0 Å². The van der Waals surface area contributed by atoms with Crippen molar-refractivity contribution >= 4 is 17.2 Å². The first-order chi connectivity index (χ1) is 6.68. The van der Waals surface area contributed by atoms with Crippen LogP contribution in [-0.4, -0.2) is 9.97 Å². The molecule has 0 aliphatic heterocycles. The summed E-state index contributed by atoms with van der Waals surface area (Å²) in [5, 5.41) is 4.03. The molecule has 0 bridgehead atoms. The van der Waals surface area contributed by atoms with Crippen LogP contribution >= 0.6 is 11.3 Å². The SMILES string of the molecule is Cc1nc(N)c(-c2ccsc2)nc1C. The summed E-state index contributed by atoms with van der Waals surface area (Å²) < 4.78 is 0. The fourth-order valence-corrected chi connectivity index (χ4v) is 1.87. The van der Waals surface area contributed by atoms with Gasteiger partial charge in [-0.1, -0.05) is 0 Å². The standard InChI is InChI=1S/C10H11N3S/c1-6-7(2)13-10(11)9(12-6)8-3-4-14-5-8/h3-5H,1-2H3,(H2,11,13). The second-order valence-electron chi connectivity index (χ2n) is 3.14. The molecule has 0 radical (unpaired) electrons. The van der Waals surface area contributed by atoms with Crippen LogP contribution in [0.2, 0.25) is 0 Å². The predicted octanol–water partition coefficient (Wildman–Crippen LogP) is 2.40. The molecule has 3 nitrogen and oxygen atoms in total. The van der Waals surface area contributed by atoms with Gasteiger partial charge in [0.05, 0.1) is 11.4 Å². The summed E-state index contributed by atoms with van der Waals surface area (Å²) in [6, 6.07) is 2.00. The quantitative estimate of drug-likeness (QED) is 0.777. The molecule has 14 heavy (non-hydrogen) atoms. The zero-order chi connectivity index (χ0) is 10.1. The minimum Gasteiger partial charge on any atom is -0.382 e. The summed E-state index contributed by atoms with van der Waals surface area (Å²) in [4.78, 5) is 8.68. The molecule has 0 atom stereocenters. The van der Waals surface area contributed by atoms with E-state index in [1.165, 1.54) is 0 Å². The van der Waals surface area contributed by atoms with Crippen LogP contribution in [0, 0.1) is 13.8 Å². The molecule has 2 N–H and O–H groups in total. The van der Waals surface area contributed by atoms with E-state index in [2.05, 4.69) is 9.97 Å². The average molecular weight is 205 g/mol. The Bertz CT molecular complexity index is 449.